The van der Waals surface area contributed by atoms with Crippen LogP contribution in [0.15, 0.2) is 12.1 Å². The van der Waals surface area contributed by atoms with Crippen molar-refractivity contribution >= 4 is 5.78 Å². The zero-order valence-corrected chi connectivity index (χ0v) is 13.7. The fraction of sp³-hybridized carbons (Fsp3) is 0.611. The molecule has 0 amide bonds. The van der Waals surface area contributed by atoms with Gasteiger partial charge in [-0.15, -0.1) is 0 Å². The summed E-state index contributed by atoms with van der Waals surface area (Å²) in [5, 5.41) is 3.35. The Kier molecular flexibility index (Phi) is 5.56. The lowest BCUT2D eigenvalue weighted by Gasteiger charge is -2.35. The van der Waals surface area contributed by atoms with Gasteiger partial charge in [0.1, 0.15) is 17.5 Å². The summed E-state index contributed by atoms with van der Waals surface area (Å²) in [6, 6.07) is 1.14. The largest absolute Gasteiger partial charge is 0.317 e. The van der Waals surface area contributed by atoms with Crippen molar-refractivity contribution in [2.24, 2.45) is 11.8 Å². The van der Waals surface area contributed by atoms with Gasteiger partial charge in [0, 0.05) is 24.6 Å². The third-order valence-corrected chi connectivity index (χ3v) is 5.19. The smallest absolute Gasteiger partial charge is 0.171 e. The second-order valence-electron chi connectivity index (χ2n) is 6.88. The van der Waals surface area contributed by atoms with E-state index in [4.69, 9.17) is 0 Å². The van der Waals surface area contributed by atoms with Gasteiger partial charge < -0.3 is 10.2 Å². The lowest BCUT2D eigenvalue weighted by Crippen LogP contribution is -2.41. The number of likely N-dealkylation sites (tertiary alicyclic amines) is 1. The maximum Gasteiger partial charge on any atom is 0.171 e. The van der Waals surface area contributed by atoms with E-state index in [1.165, 1.54) is 12.8 Å². The molecule has 0 unspecified atom stereocenters. The van der Waals surface area contributed by atoms with Crippen LogP contribution in [-0.2, 0) is 0 Å². The standard InChI is InChI=1S/C18H23F3N2O/c19-14-9-15(20)17(16(21)10-14)18(24)13-3-7-23(8-4-13)11-12-1-5-22-6-2-12/h9-10,12-13,22H,1-8,11H2. The van der Waals surface area contributed by atoms with Gasteiger partial charge in [0.15, 0.2) is 5.78 Å². The topological polar surface area (TPSA) is 32.3 Å². The van der Waals surface area contributed by atoms with Gasteiger partial charge in [0.2, 0.25) is 0 Å². The molecule has 2 aliphatic heterocycles. The average molecular weight is 340 g/mol. The number of rotatable bonds is 4. The Morgan fingerprint density at radius 1 is 1.04 bits per heavy atom. The van der Waals surface area contributed by atoms with Crippen molar-refractivity contribution in [3.05, 3.63) is 35.1 Å². The highest BCUT2D eigenvalue weighted by molar-refractivity contribution is 5.98. The number of Topliss-reactive ketones (excluding diaryl/α,β-unsaturated/α-hetero) is 1. The zero-order valence-electron chi connectivity index (χ0n) is 13.7. The van der Waals surface area contributed by atoms with E-state index in [0.717, 1.165) is 32.7 Å². The van der Waals surface area contributed by atoms with Gasteiger partial charge >= 0.3 is 0 Å². The van der Waals surface area contributed by atoms with Crippen LogP contribution in [0.25, 0.3) is 0 Å². The van der Waals surface area contributed by atoms with Crippen molar-refractivity contribution in [3.8, 4) is 0 Å². The number of hydrogen-bond donors (Lipinski definition) is 1. The van der Waals surface area contributed by atoms with Crippen molar-refractivity contribution in [2.45, 2.75) is 25.7 Å². The SMILES string of the molecule is O=C(c1c(F)cc(F)cc1F)C1CCN(CC2CCNCC2)CC1. The van der Waals surface area contributed by atoms with Crippen LogP contribution in [0.2, 0.25) is 0 Å². The molecule has 3 nitrogen and oxygen atoms in total. The quantitative estimate of drug-likeness (QED) is 0.855. The Morgan fingerprint density at radius 2 is 1.62 bits per heavy atom. The molecule has 1 aromatic carbocycles. The number of carbonyl (C=O) groups excluding carboxylic acids is 1. The number of carbonyl (C=O) groups is 1. The summed E-state index contributed by atoms with van der Waals surface area (Å²) < 4.78 is 40.6. The zero-order chi connectivity index (χ0) is 17.1. The van der Waals surface area contributed by atoms with Crippen LogP contribution in [0.1, 0.15) is 36.0 Å². The van der Waals surface area contributed by atoms with Gasteiger partial charge in [0.25, 0.3) is 0 Å². The van der Waals surface area contributed by atoms with Crippen LogP contribution in [0.5, 0.6) is 0 Å². The van der Waals surface area contributed by atoms with E-state index in [1.54, 1.807) is 0 Å². The van der Waals surface area contributed by atoms with Gasteiger partial charge in [-0.25, -0.2) is 13.2 Å². The second-order valence-corrected chi connectivity index (χ2v) is 6.88. The molecule has 6 heteroatoms. The van der Waals surface area contributed by atoms with Gasteiger partial charge in [-0.3, -0.25) is 4.79 Å². The maximum absolute atomic E-state index is 13.8. The van der Waals surface area contributed by atoms with E-state index in [-0.39, 0.29) is 5.92 Å². The first-order chi connectivity index (χ1) is 11.5. The molecule has 0 bridgehead atoms. The Hall–Kier alpha value is -1.40. The molecule has 3 rings (SSSR count). The minimum absolute atomic E-state index is 0.385. The summed E-state index contributed by atoms with van der Waals surface area (Å²) in [5.41, 5.74) is -0.590. The highest BCUT2D eigenvalue weighted by Gasteiger charge is 2.30. The first kappa shape index (κ1) is 17.4. The normalized spacial score (nSPS) is 21.1. The van der Waals surface area contributed by atoms with Crippen molar-refractivity contribution < 1.29 is 18.0 Å². The molecule has 2 aliphatic rings. The van der Waals surface area contributed by atoms with Gasteiger partial charge in [-0.1, -0.05) is 0 Å². The summed E-state index contributed by atoms with van der Waals surface area (Å²) in [7, 11) is 0. The average Bonchev–Trinajstić information content (AvgIpc) is 2.55. The number of hydrogen-bond acceptors (Lipinski definition) is 3. The second kappa shape index (κ2) is 7.66. The van der Waals surface area contributed by atoms with Crippen LogP contribution in [-0.4, -0.2) is 43.4 Å². The van der Waals surface area contributed by atoms with E-state index in [9.17, 15) is 18.0 Å². The Bertz CT molecular complexity index is 571. The summed E-state index contributed by atoms with van der Waals surface area (Å²) in [5.74, 6) is -3.44. The van der Waals surface area contributed by atoms with E-state index in [1.807, 2.05) is 0 Å². The summed E-state index contributed by atoms with van der Waals surface area (Å²) in [6.45, 7) is 4.68. The van der Waals surface area contributed by atoms with E-state index in [0.29, 0.717) is 30.9 Å². The lowest BCUT2D eigenvalue weighted by molar-refractivity contribution is 0.0810. The molecule has 0 atom stereocenters. The molecule has 0 aliphatic carbocycles. The van der Waals surface area contributed by atoms with Crippen LogP contribution in [0.4, 0.5) is 13.2 Å². The summed E-state index contributed by atoms with van der Waals surface area (Å²) in [6.07, 6.45) is 3.54. The molecule has 0 radical (unpaired) electrons. The first-order valence-electron chi connectivity index (χ1n) is 8.66. The van der Waals surface area contributed by atoms with E-state index >= 15 is 0 Å². The molecule has 0 spiro atoms. The lowest BCUT2D eigenvalue weighted by atomic mass is 9.87. The van der Waals surface area contributed by atoms with Crippen molar-refractivity contribution in [3.63, 3.8) is 0 Å². The predicted octanol–water partition coefficient (Wildman–Crippen LogP) is 3.00. The van der Waals surface area contributed by atoms with E-state index in [2.05, 4.69) is 10.2 Å². The number of ketones is 1. The molecule has 24 heavy (non-hydrogen) atoms. The molecule has 1 aromatic rings. The van der Waals surface area contributed by atoms with Crippen LogP contribution >= 0.6 is 0 Å². The Labute approximate surface area is 140 Å². The monoisotopic (exact) mass is 340 g/mol. The number of nitrogens with zero attached hydrogens (tertiary/aromatic N) is 1. The molecule has 0 aromatic heterocycles. The van der Waals surface area contributed by atoms with Crippen molar-refractivity contribution in [1.82, 2.24) is 10.2 Å². The molecule has 2 heterocycles. The molecule has 1 N–H and O–H groups in total. The Morgan fingerprint density at radius 3 is 2.21 bits per heavy atom. The number of halogens is 3. The van der Waals surface area contributed by atoms with E-state index < -0.39 is 28.8 Å². The summed E-state index contributed by atoms with van der Waals surface area (Å²) >= 11 is 0. The van der Waals surface area contributed by atoms with Gasteiger partial charge in [-0.05, 0) is 57.8 Å². The highest BCUT2D eigenvalue weighted by Crippen LogP contribution is 2.26. The molecule has 2 saturated heterocycles. The maximum atomic E-state index is 13.8. The van der Waals surface area contributed by atoms with Crippen LogP contribution in [0, 0.1) is 29.3 Å². The van der Waals surface area contributed by atoms with Gasteiger partial charge in [-0.2, -0.15) is 0 Å². The fourth-order valence-corrected chi connectivity index (χ4v) is 3.79. The highest BCUT2D eigenvalue weighted by atomic mass is 19.1. The predicted molar refractivity (Wildman–Crippen MR) is 85.4 cm³/mol. The van der Waals surface area contributed by atoms with Gasteiger partial charge in [0.05, 0.1) is 5.56 Å². The summed E-state index contributed by atoms with van der Waals surface area (Å²) in [4.78, 5) is 14.8. The van der Waals surface area contributed by atoms with Crippen molar-refractivity contribution in [1.29, 1.82) is 0 Å². The number of benzene rings is 1. The molecule has 2 fully saturated rings. The third kappa shape index (κ3) is 3.98. The molecular weight excluding hydrogens is 317 g/mol. The number of nitrogens with one attached hydrogen (secondary N) is 1. The molecule has 0 saturated carbocycles. The minimum atomic E-state index is -1.10. The molecule has 132 valence electrons. The third-order valence-electron chi connectivity index (χ3n) is 5.19. The first-order valence-corrected chi connectivity index (χ1v) is 8.66. The fourth-order valence-electron chi connectivity index (χ4n) is 3.79. The Balaban J connectivity index is 1.57. The van der Waals surface area contributed by atoms with Crippen LogP contribution < -0.4 is 5.32 Å². The van der Waals surface area contributed by atoms with Crippen LogP contribution in [0.3, 0.4) is 0 Å². The van der Waals surface area contributed by atoms with Crippen molar-refractivity contribution in [2.75, 3.05) is 32.7 Å². The minimum Gasteiger partial charge on any atom is -0.317 e. The molecular formula is C18H23F3N2O. The number of piperidine rings is 2.